The van der Waals surface area contributed by atoms with Crippen molar-refractivity contribution in [2.75, 3.05) is 19.6 Å². The molecule has 0 aliphatic carbocycles. The van der Waals surface area contributed by atoms with Crippen molar-refractivity contribution in [3.8, 4) is 0 Å². The Kier molecular flexibility index (Phi) is 5.59. The maximum Gasteiger partial charge on any atom is 0.251 e. The van der Waals surface area contributed by atoms with Crippen molar-refractivity contribution in [3.63, 3.8) is 0 Å². The van der Waals surface area contributed by atoms with Crippen molar-refractivity contribution in [2.24, 2.45) is 0 Å². The Morgan fingerprint density at radius 3 is 2.70 bits per heavy atom. The highest BCUT2D eigenvalue weighted by molar-refractivity contribution is 9.08. The van der Waals surface area contributed by atoms with Gasteiger partial charge in [0.05, 0.1) is 0 Å². The standard InChI is InChI=1S/C15H19BrN2O2/c16-11-12-4-3-5-13(10-12)15(20)17-7-6-14(19)18-8-1-2-9-18/h3-5,10H,1-2,6-9,11H2,(H,17,20). The van der Waals surface area contributed by atoms with Gasteiger partial charge in [0, 0.05) is 36.9 Å². The van der Waals surface area contributed by atoms with E-state index in [4.69, 9.17) is 0 Å². The molecule has 1 aromatic rings. The van der Waals surface area contributed by atoms with Crippen LogP contribution in [0, 0.1) is 0 Å². The molecule has 108 valence electrons. The number of carbonyl (C=O) groups excluding carboxylic acids is 2. The zero-order valence-electron chi connectivity index (χ0n) is 11.4. The molecule has 0 saturated carbocycles. The third-order valence-corrected chi connectivity index (χ3v) is 4.07. The highest BCUT2D eigenvalue weighted by Crippen LogP contribution is 2.10. The van der Waals surface area contributed by atoms with E-state index >= 15 is 0 Å². The molecule has 4 nitrogen and oxygen atoms in total. The molecule has 0 aromatic heterocycles. The van der Waals surface area contributed by atoms with Gasteiger partial charge in [-0.25, -0.2) is 0 Å². The molecule has 0 spiro atoms. The first-order valence-corrected chi connectivity index (χ1v) is 8.04. The van der Waals surface area contributed by atoms with Gasteiger partial charge in [0.1, 0.15) is 0 Å². The largest absolute Gasteiger partial charge is 0.352 e. The zero-order chi connectivity index (χ0) is 14.4. The van der Waals surface area contributed by atoms with E-state index < -0.39 is 0 Å². The highest BCUT2D eigenvalue weighted by atomic mass is 79.9. The van der Waals surface area contributed by atoms with E-state index in [1.165, 1.54) is 0 Å². The minimum Gasteiger partial charge on any atom is -0.352 e. The second kappa shape index (κ2) is 7.43. The quantitative estimate of drug-likeness (QED) is 0.837. The van der Waals surface area contributed by atoms with E-state index in [2.05, 4.69) is 21.2 Å². The monoisotopic (exact) mass is 338 g/mol. The molecule has 2 rings (SSSR count). The zero-order valence-corrected chi connectivity index (χ0v) is 13.0. The topological polar surface area (TPSA) is 49.4 Å². The molecule has 0 bridgehead atoms. The van der Waals surface area contributed by atoms with E-state index in [9.17, 15) is 9.59 Å². The second-order valence-electron chi connectivity index (χ2n) is 4.93. The fourth-order valence-electron chi connectivity index (χ4n) is 2.31. The number of hydrogen-bond donors (Lipinski definition) is 1. The summed E-state index contributed by atoms with van der Waals surface area (Å²) in [6, 6.07) is 7.46. The molecular formula is C15H19BrN2O2. The predicted octanol–water partition coefficient (Wildman–Crippen LogP) is 2.32. The Morgan fingerprint density at radius 2 is 2.00 bits per heavy atom. The molecule has 1 aromatic carbocycles. The smallest absolute Gasteiger partial charge is 0.251 e. The first kappa shape index (κ1) is 15.0. The summed E-state index contributed by atoms with van der Waals surface area (Å²) in [4.78, 5) is 25.7. The van der Waals surface area contributed by atoms with Crippen LogP contribution in [-0.4, -0.2) is 36.3 Å². The normalized spacial score (nSPS) is 14.3. The third kappa shape index (κ3) is 4.07. The molecule has 1 aliphatic rings. The van der Waals surface area contributed by atoms with Crippen LogP contribution in [0.5, 0.6) is 0 Å². The Labute approximate surface area is 127 Å². The summed E-state index contributed by atoms with van der Waals surface area (Å²) in [6.45, 7) is 2.12. The summed E-state index contributed by atoms with van der Waals surface area (Å²) >= 11 is 3.37. The number of alkyl halides is 1. The Balaban J connectivity index is 1.78. The average molecular weight is 339 g/mol. The Hall–Kier alpha value is -1.36. The summed E-state index contributed by atoms with van der Waals surface area (Å²) < 4.78 is 0. The van der Waals surface area contributed by atoms with Crippen LogP contribution in [-0.2, 0) is 10.1 Å². The van der Waals surface area contributed by atoms with Gasteiger partial charge in [0.25, 0.3) is 5.91 Å². The van der Waals surface area contributed by atoms with E-state index in [1.54, 1.807) is 6.07 Å². The highest BCUT2D eigenvalue weighted by Gasteiger charge is 2.17. The number of carbonyl (C=O) groups is 2. The van der Waals surface area contributed by atoms with E-state index in [0.29, 0.717) is 18.5 Å². The molecule has 1 aliphatic heterocycles. The first-order valence-electron chi connectivity index (χ1n) is 6.91. The molecule has 1 saturated heterocycles. The van der Waals surface area contributed by atoms with Crippen LogP contribution in [0.2, 0.25) is 0 Å². The van der Waals surface area contributed by atoms with Gasteiger partial charge in [-0.1, -0.05) is 28.1 Å². The number of rotatable bonds is 5. The number of nitrogens with one attached hydrogen (secondary N) is 1. The Morgan fingerprint density at radius 1 is 1.25 bits per heavy atom. The summed E-state index contributed by atoms with van der Waals surface area (Å²) in [5, 5.41) is 3.53. The van der Waals surface area contributed by atoms with Crippen LogP contribution < -0.4 is 5.32 Å². The maximum atomic E-state index is 12.0. The van der Waals surface area contributed by atoms with Crippen molar-refractivity contribution in [1.29, 1.82) is 0 Å². The number of halogens is 1. The number of benzene rings is 1. The van der Waals surface area contributed by atoms with Gasteiger partial charge >= 0.3 is 0 Å². The fourth-order valence-corrected chi connectivity index (χ4v) is 2.65. The molecule has 0 radical (unpaired) electrons. The van der Waals surface area contributed by atoms with Crippen LogP contribution in [0.25, 0.3) is 0 Å². The second-order valence-corrected chi connectivity index (χ2v) is 5.49. The minimum atomic E-state index is -0.123. The molecule has 1 N–H and O–H groups in total. The van der Waals surface area contributed by atoms with Gasteiger partial charge in [0.2, 0.25) is 5.91 Å². The molecule has 0 atom stereocenters. The lowest BCUT2D eigenvalue weighted by Crippen LogP contribution is -2.32. The van der Waals surface area contributed by atoms with Crippen LogP contribution in [0.1, 0.15) is 35.2 Å². The van der Waals surface area contributed by atoms with Crippen molar-refractivity contribution in [3.05, 3.63) is 35.4 Å². The van der Waals surface area contributed by atoms with Gasteiger partial charge in [-0.2, -0.15) is 0 Å². The lowest BCUT2D eigenvalue weighted by atomic mass is 10.1. The fraction of sp³-hybridized carbons (Fsp3) is 0.467. The average Bonchev–Trinajstić information content (AvgIpc) is 3.01. The van der Waals surface area contributed by atoms with Crippen molar-refractivity contribution >= 4 is 27.7 Å². The summed E-state index contributed by atoms with van der Waals surface area (Å²) in [5.41, 5.74) is 1.70. The predicted molar refractivity (Wildman–Crippen MR) is 81.8 cm³/mol. The number of nitrogens with zero attached hydrogens (tertiary/aromatic N) is 1. The van der Waals surface area contributed by atoms with Gasteiger partial charge in [-0.3, -0.25) is 9.59 Å². The van der Waals surface area contributed by atoms with Crippen molar-refractivity contribution < 1.29 is 9.59 Å². The summed E-state index contributed by atoms with van der Waals surface area (Å²) in [5.74, 6) is 0.0130. The number of hydrogen-bond acceptors (Lipinski definition) is 2. The molecule has 0 unspecified atom stereocenters. The van der Waals surface area contributed by atoms with Gasteiger partial charge in [-0.05, 0) is 30.5 Å². The van der Waals surface area contributed by atoms with Crippen LogP contribution in [0.3, 0.4) is 0 Å². The Bertz CT molecular complexity index is 485. The van der Waals surface area contributed by atoms with E-state index in [-0.39, 0.29) is 11.8 Å². The van der Waals surface area contributed by atoms with Gasteiger partial charge < -0.3 is 10.2 Å². The molecule has 2 amide bonds. The van der Waals surface area contributed by atoms with Crippen LogP contribution in [0.4, 0.5) is 0 Å². The van der Waals surface area contributed by atoms with Gasteiger partial charge in [0.15, 0.2) is 0 Å². The molecule has 5 heteroatoms. The van der Waals surface area contributed by atoms with Crippen molar-refractivity contribution in [1.82, 2.24) is 10.2 Å². The SMILES string of the molecule is O=C(NCCC(=O)N1CCCC1)c1cccc(CBr)c1. The maximum absolute atomic E-state index is 12.0. The van der Waals surface area contributed by atoms with Crippen molar-refractivity contribution in [2.45, 2.75) is 24.6 Å². The lowest BCUT2D eigenvalue weighted by molar-refractivity contribution is -0.129. The van der Waals surface area contributed by atoms with E-state index in [1.807, 2.05) is 23.1 Å². The van der Waals surface area contributed by atoms with Crippen LogP contribution >= 0.6 is 15.9 Å². The third-order valence-electron chi connectivity index (χ3n) is 3.43. The number of amides is 2. The summed E-state index contributed by atoms with van der Waals surface area (Å²) in [6.07, 6.45) is 2.57. The molecule has 1 heterocycles. The van der Waals surface area contributed by atoms with Crippen LogP contribution in [0.15, 0.2) is 24.3 Å². The van der Waals surface area contributed by atoms with E-state index in [0.717, 1.165) is 36.8 Å². The number of likely N-dealkylation sites (tertiary alicyclic amines) is 1. The first-order chi connectivity index (χ1) is 9.70. The molecule has 20 heavy (non-hydrogen) atoms. The lowest BCUT2D eigenvalue weighted by Gasteiger charge is -2.15. The molecule has 1 fully saturated rings. The summed E-state index contributed by atoms with van der Waals surface area (Å²) in [7, 11) is 0. The molecular weight excluding hydrogens is 320 g/mol. The minimum absolute atomic E-state index is 0.123. The van der Waals surface area contributed by atoms with Gasteiger partial charge in [-0.15, -0.1) is 0 Å².